The van der Waals surface area contributed by atoms with Gasteiger partial charge in [-0.25, -0.2) is 4.79 Å². The molecule has 2 rings (SSSR count). The number of carbonyl (C=O) groups is 1. The predicted molar refractivity (Wildman–Crippen MR) is 76.1 cm³/mol. The van der Waals surface area contributed by atoms with Crippen LogP contribution in [0, 0.1) is 0 Å². The first-order chi connectivity index (χ1) is 9.53. The smallest absolute Gasteiger partial charge is 0.339 e. The Bertz CT molecular complexity index is 571. The van der Waals surface area contributed by atoms with Crippen molar-refractivity contribution in [1.29, 1.82) is 0 Å². The maximum absolute atomic E-state index is 11.4. The molecule has 0 saturated carbocycles. The van der Waals surface area contributed by atoms with E-state index in [4.69, 9.17) is 9.47 Å². The van der Waals surface area contributed by atoms with E-state index in [-0.39, 0.29) is 5.57 Å². The molecule has 0 fully saturated rings. The van der Waals surface area contributed by atoms with Gasteiger partial charge in [0.05, 0.1) is 18.3 Å². The van der Waals surface area contributed by atoms with Crippen LogP contribution in [-0.2, 0) is 14.3 Å². The van der Waals surface area contributed by atoms with Gasteiger partial charge >= 0.3 is 5.97 Å². The molecule has 1 aliphatic carbocycles. The lowest BCUT2D eigenvalue weighted by Gasteiger charge is -2.35. The summed E-state index contributed by atoms with van der Waals surface area (Å²) in [5.41, 5.74) is 1.25. The highest BCUT2D eigenvalue weighted by molar-refractivity contribution is 5.96. The lowest BCUT2D eigenvalue weighted by Crippen LogP contribution is -2.33. The highest BCUT2D eigenvalue weighted by Gasteiger charge is 2.38. The third kappa shape index (κ3) is 2.34. The molecule has 0 heterocycles. The molecule has 0 aliphatic heterocycles. The number of benzene rings is 1. The molecule has 1 aliphatic rings. The fraction of sp³-hybridized carbons (Fsp3) is 0.312. The van der Waals surface area contributed by atoms with E-state index in [0.717, 1.165) is 11.1 Å². The SMILES string of the molecule is COC1=C(c2ccccc2)C(C)(OC)CC=C1C(=O)O. The summed E-state index contributed by atoms with van der Waals surface area (Å²) in [4.78, 5) is 11.4. The zero-order valence-corrected chi connectivity index (χ0v) is 11.8. The molecule has 0 amide bonds. The molecule has 1 unspecified atom stereocenters. The Balaban J connectivity index is 2.69. The average Bonchev–Trinajstić information content (AvgIpc) is 2.47. The van der Waals surface area contributed by atoms with Gasteiger partial charge in [0.2, 0.25) is 0 Å². The van der Waals surface area contributed by atoms with E-state index < -0.39 is 11.6 Å². The van der Waals surface area contributed by atoms with Crippen LogP contribution >= 0.6 is 0 Å². The lowest BCUT2D eigenvalue weighted by molar-refractivity contribution is -0.132. The number of hydrogen-bond donors (Lipinski definition) is 1. The Morgan fingerprint density at radius 2 is 1.90 bits per heavy atom. The van der Waals surface area contributed by atoms with Crippen molar-refractivity contribution in [3.63, 3.8) is 0 Å². The van der Waals surface area contributed by atoms with E-state index in [1.807, 2.05) is 37.3 Å². The van der Waals surface area contributed by atoms with Crippen LogP contribution < -0.4 is 0 Å². The second-order valence-electron chi connectivity index (χ2n) is 4.84. The summed E-state index contributed by atoms with van der Waals surface area (Å²) >= 11 is 0. The largest absolute Gasteiger partial charge is 0.495 e. The van der Waals surface area contributed by atoms with E-state index in [2.05, 4.69) is 0 Å². The second-order valence-corrected chi connectivity index (χ2v) is 4.84. The van der Waals surface area contributed by atoms with Gasteiger partial charge in [0.1, 0.15) is 5.76 Å². The van der Waals surface area contributed by atoms with Crippen LogP contribution in [-0.4, -0.2) is 30.9 Å². The topological polar surface area (TPSA) is 55.8 Å². The average molecular weight is 274 g/mol. The first-order valence-electron chi connectivity index (χ1n) is 6.36. The Labute approximate surface area is 118 Å². The summed E-state index contributed by atoms with van der Waals surface area (Å²) in [5, 5.41) is 9.32. The molecular formula is C16H18O4. The fourth-order valence-electron chi connectivity index (χ4n) is 2.49. The van der Waals surface area contributed by atoms with E-state index in [0.29, 0.717) is 12.2 Å². The van der Waals surface area contributed by atoms with Crippen molar-refractivity contribution in [1.82, 2.24) is 0 Å². The van der Waals surface area contributed by atoms with Crippen LogP contribution in [0.1, 0.15) is 18.9 Å². The van der Waals surface area contributed by atoms with Gasteiger partial charge in [-0.05, 0) is 18.9 Å². The second kappa shape index (κ2) is 5.51. The van der Waals surface area contributed by atoms with Gasteiger partial charge in [-0.1, -0.05) is 36.4 Å². The third-order valence-electron chi connectivity index (χ3n) is 3.64. The molecule has 4 nitrogen and oxygen atoms in total. The quantitative estimate of drug-likeness (QED) is 0.917. The lowest BCUT2D eigenvalue weighted by atomic mass is 9.80. The Hall–Kier alpha value is -2.07. The minimum Gasteiger partial charge on any atom is -0.495 e. The van der Waals surface area contributed by atoms with Crippen LogP contribution in [0.3, 0.4) is 0 Å². The number of aliphatic carboxylic acids is 1. The summed E-state index contributed by atoms with van der Waals surface area (Å²) < 4.78 is 11.0. The Morgan fingerprint density at radius 1 is 1.25 bits per heavy atom. The zero-order chi connectivity index (χ0) is 14.8. The van der Waals surface area contributed by atoms with Crippen molar-refractivity contribution < 1.29 is 19.4 Å². The molecule has 0 saturated heterocycles. The van der Waals surface area contributed by atoms with Crippen LogP contribution in [0.5, 0.6) is 0 Å². The molecule has 0 radical (unpaired) electrons. The molecule has 1 aromatic carbocycles. The van der Waals surface area contributed by atoms with Gasteiger partial charge in [-0.2, -0.15) is 0 Å². The van der Waals surface area contributed by atoms with Crippen LogP contribution in [0.4, 0.5) is 0 Å². The molecule has 1 aromatic rings. The number of carboxylic acid groups (broad SMARTS) is 1. The first kappa shape index (κ1) is 14.3. The normalized spacial score (nSPS) is 22.4. The third-order valence-corrected chi connectivity index (χ3v) is 3.64. The van der Waals surface area contributed by atoms with Gasteiger partial charge in [0, 0.05) is 12.7 Å². The number of rotatable bonds is 4. The monoisotopic (exact) mass is 274 g/mol. The minimum absolute atomic E-state index is 0.181. The minimum atomic E-state index is -0.992. The molecule has 1 atom stereocenters. The number of carboxylic acids is 1. The van der Waals surface area contributed by atoms with E-state index >= 15 is 0 Å². The van der Waals surface area contributed by atoms with Crippen molar-refractivity contribution in [2.24, 2.45) is 0 Å². The van der Waals surface area contributed by atoms with Gasteiger partial charge in [-0.15, -0.1) is 0 Å². The van der Waals surface area contributed by atoms with Crippen molar-refractivity contribution in [3.05, 3.63) is 53.3 Å². The summed E-state index contributed by atoms with van der Waals surface area (Å²) in [6.07, 6.45) is 2.14. The Morgan fingerprint density at radius 3 is 2.40 bits per heavy atom. The summed E-state index contributed by atoms with van der Waals surface area (Å²) in [6.45, 7) is 1.93. The number of ether oxygens (including phenoxy) is 2. The van der Waals surface area contributed by atoms with Crippen molar-refractivity contribution in [3.8, 4) is 0 Å². The molecule has 0 bridgehead atoms. The fourth-order valence-corrected chi connectivity index (χ4v) is 2.49. The summed E-state index contributed by atoms with van der Waals surface area (Å²) in [6, 6.07) is 9.58. The number of hydrogen-bond acceptors (Lipinski definition) is 3. The van der Waals surface area contributed by atoms with Gasteiger partial charge < -0.3 is 14.6 Å². The molecule has 106 valence electrons. The van der Waals surface area contributed by atoms with E-state index in [1.54, 1.807) is 13.2 Å². The summed E-state index contributed by atoms with van der Waals surface area (Å²) in [5.74, 6) is -0.632. The maximum Gasteiger partial charge on any atom is 0.339 e. The number of methoxy groups -OCH3 is 2. The van der Waals surface area contributed by atoms with E-state index in [9.17, 15) is 9.90 Å². The maximum atomic E-state index is 11.4. The highest BCUT2D eigenvalue weighted by atomic mass is 16.5. The molecule has 0 spiro atoms. The predicted octanol–water partition coefficient (Wildman–Crippen LogP) is 2.86. The van der Waals surface area contributed by atoms with Crippen molar-refractivity contribution >= 4 is 11.5 Å². The van der Waals surface area contributed by atoms with Gasteiger partial charge in [0.15, 0.2) is 0 Å². The molecule has 4 heteroatoms. The highest BCUT2D eigenvalue weighted by Crippen LogP contribution is 2.42. The van der Waals surface area contributed by atoms with E-state index in [1.165, 1.54) is 7.11 Å². The van der Waals surface area contributed by atoms with Crippen LogP contribution in [0.2, 0.25) is 0 Å². The molecule has 1 N–H and O–H groups in total. The van der Waals surface area contributed by atoms with Crippen molar-refractivity contribution in [2.75, 3.05) is 14.2 Å². The molecule has 0 aromatic heterocycles. The van der Waals surface area contributed by atoms with Gasteiger partial charge in [0.25, 0.3) is 0 Å². The van der Waals surface area contributed by atoms with Crippen LogP contribution in [0.15, 0.2) is 47.7 Å². The van der Waals surface area contributed by atoms with Crippen LogP contribution in [0.25, 0.3) is 5.57 Å². The standard InChI is InChI=1S/C16H18O4/c1-16(20-3)10-9-12(15(17)18)14(19-2)13(16)11-7-5-4-6-8-11/h4-9H,10H2,1-3H3,(H,17,18). The molecular weight excluding hydrogens is 256 g/mol. The van der Waals surface area contributed by atoms with Gasteiger partial charge in [-0.3, -0.25) is 0 Å². The zero-order valence-electron chi connectivity index (χ0n) is 11.8. The summed E-state index contributed by atoms with van der Waals surface area (Å²) in [7, 11) is 3.10. The first-order valence-corrected chi connectivity index (χ1v) is 6.36. The Kier molecular flexibility index (Phi) is 3.95. The van der Waals surface area contributed by atoms with Crippen molar-refractivity contribution in [2.45, 2.75) is 18.9 Å². The molecule has 20 heavy (non-hydrogen) atoms.